The van der Waals surface area contributed by atoms with Gasteiger partial charge in [-0.2, -0.15) is 5.10 Å². The number of benzene rings is 1. The molecule has 1 fully saturated rings. The summed E-state index contributed by atoms with van der Waals surface area (Å²) in [5.41, 5.74) is 4.14. The minimum atomic E-state index is 0.163. The smallest absolute Gasteiger partial charge is 0.254 e. The maximum absolute atomic E-state index is 13.0. The van der Waals surface area contributed by atoms with E-state index in [0.29, 0.717) is 6.04 Å². The van der Waals surface area contributed by atoms with Crippen molar-refractivity contribution >= 4 is 5.91 Å². The molecule has 26 heavy (non-hydrogen) atoms. The van der Waals surface area contributed by atoms with Gasteiger partial charge >= 0.3 is 0 Å². The number of nitrogens with one attached hydrogen (secondary N) is 1. The van der Waals surface area contributed by atoms with Crippen molar-refractivity contribution in [2.24, 2.45) is 0 Å². The number of aryl methyl sites for hydroxylation is 2. The molecule has 1 aliphatic heterocycles. The van der Waals surface area contributed by atoms with Gasteiger partial charge in [0.1, 0.15) is 0 Å². The molecule has 0 aliphatic carbocycles. The van der Waals surface area contributed by atoms with Crippen LogP contribution in [0.3, 0.4) is 0 Å². The van der Waals surface area contributed by atoms with Gasteiger partial charge in [0.25, 0.3) is 5.91 Å². The molecule has 5 nitrogen and oxygen atoms in total. The minimum absolute atomic E-state index is 0.163. The number of aromatic nitrogens is 2. The first-order chi connectivity index (χ1) is 12.6. The van der Waals surface area contributed by atoms with Crippen LogP contribution in [-0.2, 0) is 6.54 Å². The van der Waals surface area contributed by atoms with E-state index < -0.39 is 0 Å². The summed E-state index contributed by atoms with van der Waals surface area (Å²) in [6.07, 6.45) is 3.08. The fourth-order valence-corrected chi connectivity index (χ4v) is 3.74. The van der Waals surface area contributed by atoms with Crippen LogP contribution in [0.2, 0.25) is 0 Å². The van der Waals surface area contributed by atoms with Gasteiger partial charge in [0.05, 0.1) is 12.2 Å². The lowest BCUT2D eigenvalue weighted by Crippen LogP contribution is -2.46. The van der Waals surface area contributed by atoms with Crippen molar-refractivity contribution in [3.63, 3.8) is 0 Å². The average Bonchev–Trinajstić information content (AvgIpc) is 2.97. The van der Waals surface area contributed by atoms with Gasteiger partial charge in [-0.1, -0.05) is 19.1 Å². The minimum Gasteiger partial charge on any atom is -0.336 e. The Bertz CT molecular complexity index is 729. The summed E-state index contributed by atoms with van der Waals surface area (Å²) in [5, 5.41) is 7.89. The SMILES string of the molecule is CCCN(C(=O)c1ccc(Cn2nc(C)cc2C)cc1)C1CCNCC1. The fourth-order valence-electron chi connectivity index (χ4n) is 3.74. The first kappa shape index (κ1) is 18.6. The summed E-state index contributed by atoms with van der Waals surface area (Å²) in [7, 11) is 0. The highest BCUT2D eigenvalue weighted by Crippen LogP contribution is 2.17. The van der Waals surface area contributed by atoms with Crippen molar-refractivity contribution in [3.05, 3.63) is 52.8 Å². The molecule has 1 amide bonds. The van der Waals surface area contributed by atoms with E-state index in [-0.39, 0.29) is 5.91 Å². The van der Waals surface area contributed by atoms with E-state index >= 15 is 0 Å². The zero-order chi connectivity index (χ0) is 18.5. The molecule has 5 heteroatoms. The van der Waals surface area contributed by atoms with E-state index in [1.165, 1.54) is 0 Å². The Morgan fingerprint density at radius 1 is 1.23 bits per heavy atom. The molecule has 2 aromatic rings. The van der Waals surface area contributed by atoms with Crippen LogP contribution in [0.1, 0.15) is 53.5 Å². The molecular formula is C21H30N4O. The Hall–Kier alpha value is -2.14. The number of piperidine rings is 1. The third kappa shape index (κ3) is 4.33. The molecule has 0 radical (unpaired) electrons. The molecule has 2 heterocycles. The summed E-state index contributed by atoms with van der Waals surface area (Å²) in [6, 6.07) is 10.5. The van der Waals surface area contributed by atoms with Gasteiger partial charge in [0.2, 0.25) is 0 Å². The van der Waals surface area contributed by atoms with Crippen LogP contribution in [0.5, 0.6) is 0 Å². The monoisotopic (exact) mass is 354 g/mol. The van der Waals surface area contributed by atoms with Gasteiger partial charge in [-0.25, -0.2) is 0 Å². The highest BCUT2D eigenvalue weighted by atomic mass is 16.2. The maximum atomic E-state index is 13.0. The second-order valence-corrected chi connectivity index (χ2v) is 7.26. The zero-order valence-corrected chi connectivity index (χ0v) is 16.2. The molecule has 1 saturated heterocycles. The Labute approximate surface area is 156 Å². The Balaban J connectivity index is 1.71. The van der Waals surface area contributed by atoms with Crippen molar-refractivity contribution in [1.29, 1.82) is 0 Å². The van der Waals surface area contributed by atoms with E-state index in [0.717, 1.165) is 68.0 Å². The lowest BCUT2D eigenvalue weighted by atomic mass is 10.0. The molecule has 0 unspecified atom stereocenters. The molecule has 1 aromatic heterocycles. The lowest BCUT2D eigenvalue weighted by Gasteiger charge is -2.34. The summed E-state index contributed by atoms with van der Waals surface area (Å²) in [5.74, 6) is 0.163. The summed E-state index contributed by atoms with van der Waals surface area (Å²) < 4.78 is 2.00. The third-order valence-corrected chi connectivity index (χ3v) is 5.11. The zero-order valence-electron chi connectivity index (χ0n) is 16.2. The molecule has 1 aromatic carbocycles. The molecular weight excluding hydrogens is 324 g/mol. The normalized spacial score (nSPS) is 15.2. The van der Waals surface area contributed by atoms with Gasteiger partial charge in [-0.05, 0) is 70.0 Å². The van der Waals surface area contributed by atoms with Crippen LogP contribution in [0.25, 0.3) is 0 Å². The molecule has 0 bridgehead atoms. The van der Waals surface area contributed by atoms with Crippen LogP contribution >= 0.6 is 0 Å². The molecule has 3 rings (SSSR count). The average molecular weight is 354 g/mol. The van der Waals surface area contributed by atoms with Gasteiger partial charge in [0, 0.05) is 23.8 Å². The van der Waals surface area contributed by atoms with Crippen LogP contribution in [0.15, 0.2) is 30.3 Å². The molecule has 1 N–H and O–H groups in total. The topological polar surface area (TPSA) is 50.2 Å². The fraction of sp³-hybridized carbons (Fsp3) is 0.524. The largest absolute Gasteiger partial charge is 0.336 e. The molecule has 0 spiro atoms. The summed E-state index contributed by atoms with van der Waals surface area (Å²) in [4.78, 5) is 15.1. The van der Waals surface area contributed by atoms with Gasteiger partial charge in [-0.15, -0.1) is 0 Å². The number of carbonyl (C=O) groups is 1. The predicted molar refractivity (Wildman–Crippen MR) is 104 cm³/mol. The summed E-state index contributed by atoms with van der Waals surface area (Å²) >= 11 is 0. The Morgan fingerprint density at radius 3 is 2.50 bits per heavy atom. The maximum Gasteiger partial charge on any atom is 0.254 e. The van der Waals surface area contributed by atoms with Crippen LogP contribution in [0, 0.1) is 13.8 Å². The van der Waals surface area contributed by atoms with Gasteiger partial charge < -0.3 is 10.2 Å². The quantitative estimate of drug-likeness (QED) is 0.867. The predicted octanol–water partition coefficient (Wildman–Crippen LogP) is 3.15. The van der Waals surface area contributed by atoms with E-state index in [4.69, 9.17) is 0 Å². The molecule has 140 valence electrons. The van der Waals surface area contributed by atoms with E-state index in [1.54, 1.807) is 0 Å². The standard InChI is InChI=1S/C21H30N4O/c1-4-13-24(20-9-11-22-12-10-20)21(26)19-7-5-18(6-8-19)15-25-17(3)14-16(2)23-25/h5-8,14,20,22H,4,9-13,15H2,1-3H3. The third-order valence-electron chi connectivity index (χ3n) is 5.11. The van der Waals surface area contributed by atoms with E-state index in [2.05, 4.69) is 47.4 Å². The van der Waals surface area contributed by atoms with Crippen molar-refractivity contribution in [3.8, 4) is 0 Å². The van der Waals surface area contributed by atoms with Gasteiger partial charge in [-0.3, -0.25) is 9.48 Å². The van der Waals surface area contributed by atoms with Crippen molar-refractivity contribution in [2.45, 2.75) is 52.6 Å². The number of carbonyl (C=O) groups excluding carboxylic acids is 1. The molecule has 0 saturated carbocycles. The molecule has 0 atom stereocenters. The molecule has 1 aliphatic rings. The summed E-state index contributed by atoms with van der Waals surface area (Å²) in [6.45, 7) is 9.78. The Morgan fingerprint density at radius 2 is 1.92 bits per heavy atom. The van der Waals surface area contributed by atoms with Crippen molar-refractivity contribution < 1.29 is 4.79 Å². The van der Waals surface area contributed by atoms with E-state index in [1.807, 2.05) is 23.7 Å². The lowest BCUT2D eigenvalue weighted by molar-refractivity contribution is 0.0642. The first-order valence-electron chi connectivity index (χ1n) is 9.70. The van der Waals surface area contributed by atoms with Gasteiger partial charge in [0.15, 0.2) is 0 Å². The number of rotatable bonds is 6. The van der Waals surface area contributed by atoms with Crippen molar-refractivity contribution in [2.75, 3.05) is 19.6 Å². The number of amides is 1. The second-order valence-electron chi connectivity index (χ2n) is 7.26. The highest BCUT2D eigenvalue weighted by molar-refractivity contribution is 5.94. The first-order valence-corrected chi connectivity index (χ1v) is 9.70. The van der Waals surface area contributed by atoms with Crippen LogP contribution in [0.4, 0.5) is 0 Å². The van der Waals surface area contributed by atoms with E-state index in [9.17, 15) is 4.79 Å². The highest BCUT2D eigenvalue weighted by Gasteiger charge is 2.25. The Kier molecular flexibility index (Phi) is 6.09. The number of hydrogen-bond donors (Lipinski definition) is 1. The number of hydrogen-bond acceptors (Lipinski definition) is 3. The second kappa shape index (κ2) is 8.49. The van der Waals surface area contributed by atoms with Crippen LogP contribution < -0.4 is 5.32 Å². The number of nitrogens with zero attached hydrogens (tertiary/aromatic N) is 3. The van der Waals surface area contributed by atoms with Crippen molar-refractivity contribution in [1.82, 2.24) is 20.0 Å². The van der Waals surface area contributed by atoms with Crippen LogP contribution in [-0.4, -0.2) is 46.3 Å².